The van der Waals surface area contributed by atoms with Crippen LogP contribution in [0.2, 0.25) is 0 Å². The maximum atomic E-state index is 12.8. The molecule has 0 saturated heterocycles. The zero-order chi connectivity index (χ0) is 47.9. The van der Waals surface area contributed by atoms with Crippen molar-refractivity contribution in [3.63, 3.8) is 0 Å². The Kier molecular flexibility index (Phi) is 15.2. The molecule has 1 radical (unpaired) electrons. The van der Waals surface area contributed by atoms with Gasteiger partial charge in [-0.15, -0.1) is 5.70 Å². The van der Waals surface area contributed by atoms with Gasteiger partial charge in [0.1, 0.15) is 0 Å². The normalized spacial score (nSPS) is 31.3. The number of nitrogens with zero attached hydrogens (tertiary/aromatic N) is 4. The first-order chi connectivity index (χ1) is 29.6. The summed E-state index contributed by atoms with van der Waals surface area (Å²) in [7, 11) is 0. The molecule has 0 aromatic heterocycles. The van der Waals surface area contributed by atoms with Gasteiger partial charge < -0.3 is 84.5 Å². The van der Waals surface area contributed by atoms with Crippen LogP contribution in [-0.4, -0.2) is 82.0 Å². The molecule has 0 unspecified atom stereocenters. The third kappa shape index (κ3) is 10.1. The van der Waals surface area contributed by atoms with E-state index in [1.165, 1.54) is 33.8 Å². The van der Waals surface area contributed by atoms with Crippen molar-refractivity contribution in [2.45, 2.75) is 142 Å². The Balaban J connectivity index is 0.00000925. The van der Waals surface area contributed by atoms with Gasteiger partial charge >= 0.3 is 16.8 Å². The van der Waals surface area contributed by atoms with E-state index in [0.717, 1.165) is 0 Å². The molecule has 5 aliphatic rings. The largest absolute Gasteiger partial charge is 2.00 e. The van der Waals surface area contributed by atoms with E-state index in [-0.39, 0.29) is 101 Å². The summed E-state index contributed by atoms with van der Waals surface area (Å²) in [6.45, 7) is 7.45. The zero-order valence-electron chi connectivity index (χ0n) is 36.4. The molecule has 21 heteroatoms. The molecule has 5 rings (SSSR count). The van der Waals surface area contributed by atoms with Crippen LogP contribution in [0.1, 0.15) is 125 Å². The molecule has 0 aliphatic carbocycles. The van der Waals surface area contributed by atoms with Gasteiger partial charge in [-0.2, -0.15) is 5.70 Å². The summed E-state index contributed by atoms with van der Waals surface area (Å²) in [5, 5.41) is 103. The molecule has 65 heavy (non-hydrogen) atoms. The number of aliphatic imine (C=N–C) groups is 3. The third-order valence-corrected chi connectivity index (χ3v) is 14.4. The van der Waals surface area contributed by atoms with Gasteiger partial charge in [-0.1, -0.05) is 32.4 Å². The minimum atomic E-state index is -1.84. The summed E-state index contributed by atoms with van der Waals surface area (Å²) in [6.07, 6.45) is -6.54. The molecule has 0 aromatic carbocycles. The molecule has 8 atom stereocenters. The van der Waals surface area contributed by atoms with Crippen LogP contribution in [0, 0.1) is 28.1 Å². The average Bonchev–Trinajstić information content (AvgIpc) is 3.72. The first kappa shape index (κ1) is 51.9. The van der Waals surface area contributed by atoms with Crippen LogP contribution in [0.25, 0.3) is 5.32 Å². The molecule has 20 nitrogen and oxygen atoms in total. The van der Waals surface area contributed by atoms with Crippen molar-refractivity contribution in [2.75, 3.05) is 0 Å². The smallest absolute Gasteiger partial charge is 0.664 e. The quantitative estimate of drug-likeness (QED) is 0.110. The van der Waals surface area contributed by atoms with Crippen LogP contribution >= 0.6 is 0 Å². The Morgan fingerprint density at radius 2 is 1.28 bits per heavy atom. The molecular formula is C44H47CoN4O16-7. The van der Waals surface area contributed by atoms with Gasteiger partial charge in [0.05, 0.1) is 17.1 Å². The molecule has 355 valence electrons. The summed E-state index contributed by atoms with van der Waals surface area (Å²) in [6, 6.07) is -1.36. The predicted molar refractivity (Wildman–Crippen MR) is 204 cm³/mol. The number of carbonyl (C=O) groups is 8. The van der Waals surface area contributed by atoms with Crippen molar-refractivity contribution in [3.05, 3.63) is 39.5 Å². The Morgan fingerprint density at radius 1 is 0.692 bits per heavy atom. The van der Waals surface area contributed by atoms with E-state index in [2.05, 4.69) is 0 Å². The summed E-state index contributed by atoms with van der Waals surface area (Å²) >= 11 is 0. The second-order valence-corrected chi connectivity index (χ2v) is 18.5. The van der Waals surface area contributed by atoms with E-state index in [4.69, 9.17) is 20.3 Å². The Morgan fingerprint density at radius 3 is 1.82 bits per heavy atom. The van der Waals surface area contributed by atoms with Crippen molar-refractivity contribution in [2.24, 2.45) is 43.1 Å². The van der Waals surface area contributed by atoms with E-state index in [9.17, 15) is 79.2 Å². The fraction of sp³-hybridized carbons (Fsp3) is 0.614. The number of fused-ring (bicyclic) bond motifs is 6. The zero-order valence-corrected chi connectivity index (χ0v) is 37.4. The van der Waals surface area contributed by atoms with Crippen LogP contribution < -0.4 is 40.9 Å². The van der Waals surface area contributed by atoms with E-state index in [1.807, 2.05) is 0 Å². The van der Waals surface area contributed by atoms with Gasteiger partial charge in [-0.25, -0.2) is 0 Å². The van der Waals surface area contributed by atoms with Gasteiger partial charge in [0, 0.05) is 94.5 Å². The molecule has 0 spiro atoms. The van der Waals surface area contributed by atoms with E-state index < -0.39 is 144 Å². The third-order valence-electron chi connectivity index (χ3n) is 14.4. The fourth-order valence-corrected chi connectivity index (χ4v) is 11.1. The maximum absolute atomic E-state index is 12.8. The SMILES string of the molecule is C[C@@]1(CC(=O)[O-])C2=CC3=N[C@@](C)([C@@H]4N=C(CC5=N[C@@](C)(CC(=C1CCC(=O)[O-])[N-]2)C(CC(=O)[O-])=C5CCC(=O)[O-])[C@](C)(CCC(=O)[O-])[C@H]4CC(=O)[O-])[C@@](C)(CC(=O)[O-])[C@@H]3CCC(=O)[O-].[Co+2]. The molecule has 0 fully saturated rings. The second kappa shape index (κ2) is 19.0. The average molecular weight is 947 g/mol. The number of hydrogen-bond acceptors (Lipinski definition) is 19. The van der Waals surface area contributed by atoms with Crippen molar-refractivity contribution in [1.29, 1.82) is 0 Å². The molecule has 8 bridgehead atoms. The number of carboxylic acid groups (broad SMARTS) is 8. The van der Waals surface area contributed by atoms with Crippen molar-refractivity contribution < 1.29 is 96.0 Å². The first-order valence-electron chi connectivity index (χ1n) is 20.8. The Labute approximate surface area is 384 Å². The minimum Gasteiger partial charge on any atom is -0.664 e. The molecule has 0 aromatic rings. The molecule has 5 aliphatic heterocycles. The molecule has 5 heterocycles. The predicted octanol–water partition coefficient (Wildman–Crippen LogP) is -5.22. The summed E-state index contributed by atoms with van der Waals surface area (Å²) in [5.41, 5.74) is -7.95. The second-order valence-electron chi connectivity index (χ2n) is 18.5. The van der Waals surface area contributed by atoms with Gasteiger partial charge in [0.2, 0.25) is 0 Å². The minimum absolute atomic E-state index is 0. The maximum Gasteiger partial charge on any atom is 2.00 e. The van der Waals surface area contributed by atoms with Gasteiger partial charge in [0.15, 0.2) is 0 Å². The van der Waals surface area contributed by atoms with Crippen molar-refractivity contribution in [1.82, 2.24) is 0 Å². The van der Waals surface area contributed by atoms with Crippen molar-refractivity contribution >= 4 is 64.9 Å². The summed E-state index contributed by atoms with van der Waals surface area (Å²) < 4.78 is 0. The van der Waals surface area contributed by atoms with Crippen LogP contribution in [0.4, 0.5) is 0 Å². The van der Waals surface area contributed by atoms with Crippen molar-refractivity contribution in [3.8, 4) is 0 Å². The van der Waals surface area contributed by atoms with Crippen LogP contribution in [0.15, 0.2) is 49.2 Å². The van der Waals surface area contributed by atoms with Crippen LogP contribution in [-0.2, 0) is 55.1 Å². The Hall–Kier alpha value is -5.70. The summed E-state index contributed by atoms with van der Waals surface area (Å²) in [5.74, 6) is -14.9. The van der Waals surface area contributed by atoms with Gasteiger partial charge in [-0.3, -0.25) is 15.0 Å². The standard InChI is InChI=1S/C44H56N4O16.Co/c1-40(13-12-34(55)56)25(15-36(59)60)39-44(5)42(3,20-38(63)64)23(8-11-33(53)54)27(48-44)17-30-41(2,19-37(61)62)22(7-10-32(51)52)28(45-30)18-43(4)24(14-35(57)58)21(6-9-31(49)50)26(47-43)16-29(40)46-39;/h17,23,25,39H,6-16,18-20H2,1-5H3,(H9,45,48,49,50,51,52,53,54,55,56,57,58,59,60,61,62,63,64);/q;+2/p-9/t23-,25+,39-,40-,41+,42+,43+,44+;/m1./s1. The van der Waals surface area contributed by atoms with Crippen LogP contribution in [0.3, 0.4) is 0 Å². The van der Waals surface area contributed by atoms with Crippen LogP contribution in [0.5, 0.6) is 0 Å². The monoisotopic (exact) mass is 946 g/mol. The number of hydrogen-bond donors (Lipinski definition) is 0. The van der Waals surface area contributed by atoms with Gasteiger partial charge in [0.25, 0.3) is 0 Å². The first-order valence-corrected chi connectivity index (χ1v) is 20.8. The number of carboxylic acids is 8. The number of aliphatic carboxylic acids is 8. The molecule has 0 saturated carbocycles. The topological polar surface area (TPSA) is 372 Å². The number of carbonyl (C=O) groups excluding carboxylic acids is 8. The molecular weight excluding hydrogens is 899 g/mol. The van der Waals surface area contributed by atoms with E-state index >= 15 is 0 Å². The number of allylic oxidation sites excluding steroid dienone is 3. The fourth-order valence-electron chi connectivity index (χ4n) is 11.1. The molecule has 0 amide bonds. The number of rotatable bonds is 20. The van der Waals surface area contributed by atoms with Gasteiger partial charge in [-0.05, 0) is 113 Å². The van der Waals surface area contributed by atoms with E-state index in [0.29, 0.717) is 0 Å². The molecule has 0 N–H and O–H groups in total. The summed E-state index contributed by atoms with van der Waals surface area (Å²) in [4.78, 5) is 114. The van der Waals surface area contributed by atoms with E-state index in [1.54, 1.807) is 6.92 Å². The Bertz CT molecular complexity index is 2280.